The molecule has 0 spiro atoms. The molecule has 0 unspecified atom stereocenters. The molecule has 0 saturated carbocycles. The number of benzene rings is 2. The van der Waals surface area contributed by atoms with Crippen molar-refractivity contribution in [3.63, 3.8) is 0 Å². The highest BCUT2D eigenvalue weighted by Crippen LogP contribution is 2.49. The minimum atomic E-state index is -1.09. The Morgan fingerprint density at radius 3 is 2.46 bits per heavy atom. The zero-order valence-corrected chi connectivity index (χ0v) is 22.9. The van der Waals surface area contributed by atoms with Crippen LogP contribution in [0, 0.1) is 5.92 Å². The number of hydrogen-bond donors (Lipinski definition) is 1. The number of esters is 2. The third-order valence-electron chi connectivity index (χ3n) is 6.78. The predicted molar refractivity (Wildman–Crippen MR) is 142 cm³/mol. The topological polar surface area (TPSA) is 90.9 Å². The van der Waals surface area contributed by atoms with Gasteiger partial charge in [-0.3, -0.25) is 9.59 Å². The second-order valence-electron chi connectivity index (χ2n) is 8.91. The lowest BCUT2D eigenvalue weighted by Crippen LogP contribution is -2.43. The second kappa shape index (κ2) is 11.3. The lowest BCUT2D eigenvalue weighted by molar-refractivity contribution is -0.152. The number of hydrogen-bond acceptors (Lipinski definition) is 7. The quantitative estimate of drug-likeness (QED) is 0.364. The van der Waals surface area contributed by atoms with Crippen LogP contribution in [0.3, 0.4) is 0 Å². The Bertz CT molecular complexity index is 1300. The first-order valence-electron chi connectivity index (χ1n) is 12.3. The van der Waals surface area contributed by atoms with E-state index < -0.39 is 29.7 Å². The summed E-state index contributed by atoms with van der Waals surface area (Å²) in [6.07, 6.45) is 0.364. The number of rotatable bonds is 7. The molecule has 194 valence electrons. The number of allylic oxidation sites excluding steroid dienone is 3. The standard InChI is InChI=1S/C29H30BrNO6/c1-5-36-28(33)23-16(3)31-21-15-20(19-12-7-8-13-22(19)35-4)25(29(34)37-6-2)27(32)26(21)24(23)17-10-9-11-18(30)14-17/h7-14,20,24-25,31H,5-6,15H2,1-4H3/t20-,24-,25-/m1/s1. The van der Waals surface area contributed by atoms with Crippen LogP contribution < -0.4 is 10.1 Å². The van der Waals surface area contributed by atoms with Gasteiger partial charge in [0.2, 0.25) is 0 Å². The molecular formula is C29H30BrNO6. The van der Waals surface area contributed by atoms with E-state index in [-0.39, 0.29) is 19.0 Å². The molecule has 4 rings (SSSR count). The summed E-state index contributed by atoms with van der Waals surface area (Å²) in [4.78, 5) is 40.8. The number of para-hydroxylation sites is 1. The highest BCUT2D eigenvalue weighted by atomic mass is 79.9. The van der Waals surface area contributed by atoms with E-state index >= 15 is 0 Å². The first-order chi connectivity index (χ1) is 17.8. The molecule has 3 atom stereocenters. The summed E-state index contributed by atoms with van der Waals surface area (Å²) in [6.45, 7) is 5.60. The van der Waals surface area contributed by atoms with Crippen molar-refractivity contribution in [2.75, 3.05) is 20.3 Å². The Labute approximate surface area is 225 Å². The summed E-state index contributed by atoms with van der Waals surface area (Å²) in [5, 5.41) is 3.31. The van der Waals surface area contributed by atoms with Crippen LogP contribution in [-0.4, -0.2) is 38.0 Å². The normalized spacial score (nSPS) is 21.2. The van der Waals surface area contributed by atoms with Crippen LogP contribution in [0.5, 0.6) is 5.75 Å². The highest BCUT2D eigenvalue weighted by Gasteiger charge is 2.49. The van der Waals surface area contributed by atoms with Crippen molar-refractivity contribution in [2.24, 2.45) is 5.92 Å². The Morgan fingerprint density at radius 2 is 1.78 bits per heavy atom. The van der Waals surface area contributed by atoms with Gasteiger partial charge in [0.05, 0.1) is 25.9 Å². The van der Waals surface area contributed by atoms with Crippen molar-refractivity contribution >= 4 is 33.7 Å². The monoisotopic (exact) mass is 567 g/mol. The molecule has 1 aliphatic heterocycles. The number of nitrogens with one attached hydrogen (secondary N) is 1. The van der Waals surface area contributed by atoms with Crippen molar-refractivity contribution in [2.45, 2.75) is 39.0 Å². The van der Waals surface area contributed by atoms with Crippen molar-refractivity contribution in [3.8, 4) is 5.75 Å². The third kappa shape index (κ3) is 5.07. The molecule has 1 N–H and O–H groups in total. The maximum atomic E-state index is 14.3. The van der Waals surface area contributed by atoms with Crippen LogP contribution >= 0.6 is 15.9 Å². The average Bonchev–Trinajstić information content (AvgIpc) is 2.87. The maximum Gasteiger partial charge on any atom is 0.336 e. The first kappa shape index (κ1) is 26.7. The fourth-order valence-electron chi connectivity index (χ4n) is 5.30. The summed E-state index contributed by atoms with van der Waals surface area (Å²) in [5.74, 6) is -3.17. The van der Waals surface area contributed by atoms with Gasteiger partial charge in [-0.15, -0.1) is 0 Å². The van der Waals surface area contributed by atoms with Gasteiger partial charge < -0.3 is 19.5 Å². The molecule has 0 bridgehead atoms. The Kier molecular flexibility index (Phi) is 8.17. The number of methoxy groups -OCH3 is 1. The lowest BCUT2D eigenvalue weighted by Gasteiger charge is -2.39. The van der Waals surface area contributed by atoms with E-state index in [0.717, 1.165) is 15.6 Å². The third-order valence-corrected chi connectivity index (χ3v) is 7.27. The van der Waals surface area contributed by atoms with Gasteiger partial charge in [-0.05, 0) is 56.5 Å². The van der Waals surface area contributed by atoms with E-state index in [4.69, 9.17) is 14.2 Å². The van der Waals surface area contributed by atoms with E-state index in [9.17, 15) is 14.4 Å². The van der Waals surface area contributed by atoms with Gasteiger partial charge in [0.15, 0.2) is 5.78 Å². The highest BCUT2D eigenvalue weighted by molar-refractivity contribution is 9.10. The Morgan fingerprint density at radius 1 is 1.05 bits per heavy atom. The van der Waals surface area contributed by atoms with Crippen LogP contribution in [0.25, 0.3) is 0 Å². The fourth-order valence-corrected chi connectivity index (χ4v) is 5.72. The van der Waals surface area contributed by atoms with Gasteiger partial charge in [0, 0.05) is 33.3 Å². The van der Waals surface area contributed by atoms with Gasteiger partial charge >= 0.3 is 11.9 Å². The Balaban J connectivity index is 1.92. The lowest BCUT2D eigenvalue weighted by atomic mass is 9.67. The molecule has 2 aromatic carbocycles. The van der Waals surface area contributed by atoms with Gasteiger partial charge in [-0.25, -0.2) is 4.79 Å². The molecular weight excluding hydrogens is 538 g/mol. The van der Waals surface area contributed by atoms with Crippen molar-refractivity contribution < 1.29 is 28.6 Å². The van der Waals surface area contributed by atoms with Gasteiger partial charge in [0.1, 0.15) is 11.7 Å². The number of Topliss-reactive ketones (excluding diaryl/α,β-unsaturated/α-hetero) is 1. The maximum absolute atomic E-state index is 14.3. The zero-order chi connectivity index (χ0) is 26.7. The summed E-state index contributed by atoms with van der Waals surface area (Å²) < 4.78 is 17.2. The molecule has 0 fully saturated rings. The fraction of sp³-hybridized carbons (Fsp3) is 0.345. The molecule has 2 aliphatic rings. The molecule has 0 aromatic heterocycles. The van der Waals surface area contributed by atoms with Crippen LogP contribution in [0.4, 0.5) is 0 Å². The molecule has 2 aromatic rings. The molecule has 7 nitrogen and oxygen atoms in total. The zero-order valence-electron chi connectivity index (χ0n) is 21.3. The number of carbonyl (C=O) groups excluding carboxylic acids is 3. The molecule has 1 heterocycles. The van der Waals surface area contributed by atoms with E-state index in [1.54, 1.807) is 27.9 Å². The number of dihydropyridines is 1. The molecule has 1 aliphatic carbocycles. The van der Waals surface area contributed by atoms with Crippen LogP contribution in [0.2, 0.25) is 0 Å². The summed E-state index contributed by atoms with van der Waals surface area (Å²) >= 11 is 3.51. The van der Waals surface area contributed by atoms with Crippen molar-refractivity contribution in [1.29, 1.82) is 0 Å². The molecule has 0 saturated heterocycles. The van der Waals surface area contributed by atoms with Gasteiger partial charge in [-0.2, -0.15) is 0 Å². The molecule has 0 amide bonds. The average molecular weight is 568 g/mol. The van der Waals surface area contributed by atoms with E-state index in [1.807, 2.05) is 48.5 Å². The first-order valence-corrected chi connectivity index (χ1v) is 13.1. The number of ketones is 1. The van der Waals surface area contributed by atoms with Crippen LogP contribution in [-0.2, 0) is 23.9 Å². The van der Waals surface area contributed by atoms with Crippen LogP contribution in [0.1, 0.15) is 50.2 Å². The number of carbonyl (C=O) groups is 3. The van der Waals surface area contributed by atoms with E-state index in [0.29, 0.717) is 34.7 Å². The molecule has 8 heteroatoms. The second-order valence-corrected chi connectivity index (χ2v) is 9.83. The van der Waals surface area contributed by atoms with E-state index in [1.165, 1.54) is 0 Å². The van der Waals surface area contributed by atoms with Crippen LogP contribution in [0.15, 0.2) is 75.5 Å². The SMILES string of the molecule is CCOC(=O)C1=C(C)NC2=C(C(=O)[C@H](C(=O)OCC)[C@@H](c3ccccc3OC)C2)[C@@H]1c1cccc(Br)c1. The minimum Gasteiger partial charge on any atom is -0.496 e. The summed E-state index contributed by atoms with van der Waals surface area (Å²) in [7, 11) is 1.56. The number of ether oxygens (including phenoxy) is 3. The minimum absolute atomic E-state index is 0.146. The number of halogens is 1. The predicted octanol–water partition coefficient (Wildman–Crippen LogP) is 5.17. The molecule has 0 radical (unpaired) electrons. The smallest absolute Gasteiger partial charge is 0.336 e. The largest absolute Gasteiger partial charge is 0.496 e. The van der Waals surface area contributed by atoms with E-state index in [2.05, 4.69) is 21.2 Å². The van der Waals surface area contributed by atoms with Crippen molar-refractivity contribution in [1.82, 2.24) is 5.32 Å². The van der Waals surface area contributed by atoms with Crippen molar-refractivity contribution in [3.05, 3.63) is 86.7 Å². The summed E-state index contributed by atoms with van der Waals surface area (Å²) in [6, 6.07) is 14.9. The Hall–Kier alpha value is -3.39. The van der Waals surface area contributed by atoms with Gasteiger partial charge in [0.25, 0.3) is 0 Å². The summed E-state index contributed by atoms with van der Waals surface area (Å²) in [5.41, 5.74) is 3.53. The van der Waals surface area contributed by atoms with Gasteiger partial charge in [-0.1, -0.05) is 46.3 Å². The molecule has 37 heavy (non-hydrogen) atoms.